The first kappa shape index (κ1) is 30.4. The number of carboxylic acids is 1. The molecule has 0 radical (unpaired) electrons. The number of halogens is 2. The van der Waals surface area contributed by atoms with Gasteiger partial charge in [-0.3, -0.25) is 14.4 Å². The van der Waals surface area contributed by atoms with Crippen LogP contribution in [-0.4, -0.2) is 70.9 Å². The summed E-state index contributed by atoms with van der Waals surface area (Å²) in [6.07, 6.45) is 4.97. The van der Waals surface area contributed by atoms with Gasteiger partial charge in [0.1, 0.15) is 0 Å². The summed E-state index contributed by atoms with van der Waals surface area (Å²) in [4.78, 5) is 39.6. The third kappa shape index (κ3) is 6.59. The molecule has 0 bridgehead atoms. The fourth-order valence-electron chi connectivity index (χ4n) is 6.02. The summed E-state index contributed by atoms with van der Waals surface area (Å²) in [5.41, 5.74) is 2.39. The van der Waals surface area contributed by atoms with E-state index >= 15 is 0 Å². The molecule has 5 rings (SSSR count). The SMILES string of the molecule is CO[C@H]1C[C@@H](COC2CCC(C(=O)O)CC2)N(C(=O)Cc2cc(Cl)c(C(=O)Nc3cn(C)c4ccccc34)cc2Cl)C1. The minimum atomic E-state index is -0.749. The second kappa shape index (κ2) is 13.0. The highest BCUT2D eigenvalue weighted by Gasteiger charge is 2.36. The Bertz CT molecular complexity index is 1480. The second-order valence-corrected chi connectivity index (χ2v) is 12.0. The zero-order valence-electron chi connectivity index (χ0n) is 23.6. The van der Waals surface area contributed by atoms with Crippen LogP contribution in [0.2, 0.25) is 10.0 Å². The Hall–Kier alpha value is -3.11. The summed E-state index contributed by atoms with van der Waals surface area (Å²) in [5.74, 6) is -1.59. The highest BCUT2D eigenvalue weighted by Crippen LogP contribution is 2.31. The van der Waals surface area contributed by atoms with Gasteiger partial charge in [0.05, 0.1) is 53.5 Å². The van der Waals surface area contributed by atoms with Crippen LogP contribution in [0.5, 0.6) is 0 Å². The molecular formula is C31H35Cl2N3O6. The number of ether oxygens (including phenoxy) is 2. The van der Waals surface area contributed by atoms with E-state index in [1.807, 2.05) is 42.1 Å². The molecule has 0 spiro atoms. The van der Waals surface area contributed by atoms with Crippen molar-refractivity contribution in [3.05, 3.63) is 63.8 Å². The van der Waals surface area contributed by atoms with E-state index in [4.69, 9.17) is 32.7 Å². The van der Waals surface area contributed by atoms with Crippen LogP contribution >= 0.6 is 23.2 Å². The standard InChI is InChI=1S/C31H35Cl2N3O6/c1-35-16-27(23-5-3-4-6-28(23)35)34-30(38)24-14-25(32)19(11-26(24)33)12-29(37)36-15-22(41-2)13-20(36)17-42-21-9-7-18(8-10-21)31(39)40/h3-6,11,14,16,18,20-22H,7-10,12-13,15,17H2,1-2H3,(H,34,38)(H,39,40)/t18?,20-,21?,22-/m0/s1. The number of hydrogen-bond donors (Lipinski definition) is 2. The smallest absolute Gasteiger partial charge is 0.306 e. The first-order valence-corrected chi connectivity index (χ1v) is 14.9. The van der Waals surface area contributed by atoms with E-state index in [2.05, 4.69) is 5.32 Å². The third-order valence-electron chi connectivity index (χ3n) is 8.45. The molecule has 2 heterocycles. The van der Waals surface area contributed by atoms with Crippen molar-refractivity contribution in [1.29, 1.82) is 0 Å². The number of benzene rings is 2. The van der Waals surface area contributed by atoms with Crippen LogP contribution in [0.3, 0.4) is 0 Å². The highest BCUT2D eigenvalue weighted by molar-refractivity contribution is 6.37. The lowest BCUT2D eigenvalue weighted by atomic mass is 9.87. The predicted molar refractivity (Wildman–Crippen MR) is 161 cm³/mol. The number of nitrogens with one attached hydrogen (secondary N) is 1. The topological polar surface area (TPSA) is 110 Å². The Morgan fingerprint density at radius 1 is 1.05 bits per heavy atom. The molecule has 42 heavy (non-hydrogen) atoms. The number of aryl methyl sites for hydroxylation is 1. The van der Waals surface area contributed by atoms with Gasteiger partial charge in [0.2, 0.25) is 5.91 Å². The molecule has 1 saturated carbocycles. The number of carbonyl (C=O) groups excluding carboxylic acids is 2. The first-order chi connectivity index (χ1) is 20.1. The fourth-order valence-corrected chi connectivity index (χ4v) is 6.53. The molecule has 2 N–H and O–H groups in total. The molecule has 2 atom stereocenters. The summed E-state index contributed by atoms with van der Waals surface area (Å²) >= 11 is 13.1. The average Bonchev–Trinajstić information content (AvgIpc) is 3.54. The Labute approximate surface area is 254 Å². The van der Waals surface area contributed by atoms with Crippen LogP contribution in [0.1, 0.15) is 48.0 Å². The van der Waals surface area contributed by atoms with Crippen molar-refractivity contribution in [1.82, 2.24) is 9.47 Å². The zero-order chi connectivity index (χ0) is 30.0. The van der Waals surface area contributed by atoms with Gasteiger partial charge in [-0.1, -0.05) is 41.4 Å². The van der Waals surface area contributed by atoms with E-state index in [1.54, 1.807) is 18.1 Å². The van der Waals surface area contributed by atoms with Crippen LogP contribution < -0.4 is 5.32 Å². The molecule has 2 aliphatic rings. The number of likely N-dealkylation sites (tertiary alicyclic amines) is 1. The maximum absolute atomic E-state index is 13.5. The second-order valence-electron chi connectivity index (χ2n) is 11.2. The number of methoxy groups -OCH3 is 1. The fraction of sp³-hybridized carbons (Fsp3) is 0.452. The highest BCUT2D eigenvalue weighted by atomic mass is 35.5. The number of rotatable bonds is 9. The zero-order valence-corrected chi connectivity index (χ0v) is 25.2. The number of carbonyl (C=O) groups is 3. The van der Waals surface area contributed by atoms with E-state index in [9.17, 15) is 19.5 Å². The predicted octanol–water partition coefficient (Wildman–Crippen LogP) is 5.56. The van der Waals surface area contributed by atoms with Crippen LogP contribution in [0, 0.1) is 5.92 Å². The molecule has 11 heteroatoms. The van der Waals surface area contributed by atoms with Gasteiger partial charge in [-0.05, 0) is 55.9 Å². The summed E-state index contributed by atoms with van der Waals surface area (Å²) < 4.78 is 13.6. The molecule has 9 nitrogen and oxygen atoms in total. The monoisotopic (exact) mass is 615 g/mol. The maximum atomic E-state index is 13.5. The van der Waals surface area contributed by atoms with Crippen molar-refractivity contribution in [2.75, 3.05) is 25.6 Å². The Morgan fingerprint density at radius 3 is 2.50 bits per heavy atom. The minimum Gasteiger partial charge on any atom is -0.481 e. The lowest BCUT2D eigenvalue weighted by Crippen LogP contribution is -2.40. The number of carboxylic acid groups (broad SMARTS) is 1. The van der Waals surface area contributed by atoms with Crippen molar-refractivity contribution in [3.63, 3.8) is 0 Å². The van der Waals surface area contributed by atoms with Gasteiger partial charge in [-0.2, -0.15) is 0 Å². The van der Waals surface area contributed by atoms with Gasteiger partial charge in [0, 0.05) is 42.8 Å². The largest absolute Gasteiger partial charge is 0.481 e. The van der Waals surface area contributed by atoms with Crippen LogP contribution in [-0.2, 0) is 32.5 Å². The molecule has 2 fully saturated rings. The van der Waals surface area contributed by atoms with Crippen molar-refractivity contribution < 1.29 is 29.0 Å². The molecule has 3 aromatic rings. The molecule has 1 aliphatic carbocycles. The van der Waals surface area contributed by atoms with E-state index in [-0.39, 0.29) is 52.1 Å². The van der Waals surface area contributed by atoms with E-state index < -0.39 is 11.9 Å². The summed E-state index contributed by atoms with van der Waals surface area (Å²) in [7, 11) is 3.54. The average molecular weight is 617 g/mol. The number of aliphatic carboxylic acids is 1. The number of para-hydroxylation sites is 1. The molecule has 1 aliphatic heterocycles. The molecule has 0 unspecified atom stereocenters. The summed E-state index contributed by atoms with van der Waals surface area (Å²) in [5, 5.41) is 13.6. The lowest BCUT2D eigenvalue weighted by Gasteiger charge is -2.30. The Balaban J connectivity index is 1.23. The quantitative estimate of drug-likeness (QED) is 0.326. The van der Waals surface area contributed by atoms with Gasteiger partial charge in [0.25, 0.3) is 5.91 Å². The maximum Gasteiger partial charge on any atom is 0.306 e. The molecule has 1 saturated heterocycles. The lowest BCUT2D eigenvalue weighted by molar-refractivity contribution is -0.144. The Kier molecular flexibility index (Phi) is 9.42. The van der Waals surface area contributed by atoms with Gasteiger partial charge in [-0.25, -0.2) is 0 Å². The first-order valence-electron chi connectivity index (χ1n) is 14.1. The summed E-state index contributed by atoms with van der Waals surface area (Å²) in [6, 6.07) is 10.7. The van der Waals surface area contributed by atoms with Crippen molar-refractivity contribution >= 4 is 57.6 Å². The number of aromatic nitrogens is 1. The molecular weight excluding hydrogens is 581 g/mol. The van der Waals surface area contributed by atoms with Crippen molar-refractivity contribution in [3.8, 4) is 0 Å². The minimum absolute atomic E-state index is 0.0139. The number of amides is 2. The van der Waals surface area contributed by atoms with Gasteiger partial charge in [0.15, 0.2) is 0 Å². The molecule has 2 aromatic carbocycles. The molecule has 1 aromatic heterocycles. The van der Waals surface area contributed by atoms with Gasteiger partial charge >= 0.3 is 5.97 Å². The summed E-state index contributed by atoms with van der Waals surface area (Å²) in [6.45, 7) is 0.793. The van der Waals surface area contributed by atoms with Gasteiger partial charge in [-0.15, -0.1) is 0 Å². The number of fused-ring (bicyclic) bond motifs is 1. The Morgan fingerprint density at radius 2 is 1.79 bits per heavy atom. The van der Waals surface area contributed by atoms with Crippen LogP contribution in [0.4, 0.5) is 5.69 Å². The van der Waals surface area contributed by atoms with Crippen LogP contribution in [0.15, 0.2) is 42.6 Å². The number of anilines is 1. The normalized spacial score (nSPS) is 22.4. The number of nitrogens with zero attached hydrogens (tertiary/aromatic N) is 2. The van der Waals surface area contributed by atoms with E-state index in [0.29, 0.717) is 56.5 Å². The van der Waals surface area contributed by atoms with Crippen LogP contribution in [0.25, 0.3) is 10.9 Å². The van der Waals surface area contributed by atoms with Crippen molar-refractivity contribution in [2.45, 2.75) is 56.8 Å². The molecule has 2 amide bonds. The van der Waals surface area contributed by atoms with Gasteiger partial charge < -0.3 is 29.4 Å². The van der Waals surface area contributed by atoms with E-state index in [1.165, 1.54) is 6.07 Å². The number of hydrogen-bond acceptors (Lipinski definition) is 5. The van der Waals surface area contributed by atoms with E-state index in [0.717, 1.165) is 10.9 Å². The molecule has 224 valence electrons. The van der Waals surface area contributed by atoms with Crippen molar-refractivity contribution in [2.24, 2.45) is 13.0 Å². The third-order valence-corrected chi connectivity index (χ3v) is 9.11.